The molecule has 3 rings (SSSR count). The van der Waals surface area contributed by atoms with E-state index in [1.807, 2.05) is 30.3 Å². The van der Waals surface area contributed by atoms with Crippen LogP contribution in [0.4, 0.5) is 0 Å². The van der Waals surface area contributed by atoms with Crippen molar-refractivity contribution in [1.82, 2.24) is 14.5 Å². The second-order valence-corrected chi connectivity index (χ2v) is 8.44. The monoisotopic (exact) mass is 399 g/mol. The molecule has 2 saturated heterocycles. The van der Waals surface area contributed by atoms with Gasteiger partial charge in [-0.25, -0.2) is 5.48 Å². The van der Waals surface area contributed by atoms with E-state index in [0.717, 1.165) is 5.75 Å². The highest BCUT2D eigenvalue weighted by Gasteiger charge is 2.45. The van der Waals surface area contributed by atoms with Crippen molar-refractivity contribution in [1.29, 1.82) is 0 Å². The molecule has 0 aliphatic carbocycles. The van der Waals surface area contributed by atoms with Gasteiger partial charge in [-0.1, -0.05) is 18.2 Å². The van der Waals surface area contributed by atoms with Crippen LogP contribution in [0.3, 0.4) is 0 Å². The lowest BCUT2D eigenvalue weighted by atomic mass is 9.91. The lowest BCUT2D eigenvalue weighted by Crippen LogP contribution is -2.63. The first-order valence-electron chi connectivity index (χ1n) is 8.98. The number of nitrogens with one attached hydrogen (secondary N) is 2. The van der Waals surface area contributed by atoms with Crippen LogP contribution in [-0.2, 0) is 19.7 Å². The van der Waals surface area contributed by atoms with Gasteiger partial charge in [-0.15, -0.1) is 0 Å². The summed E-state index contributed by atoms with van der Waals surface area (Å²) in [4.78, 5) is 12.1. The van der Waals surface area contributed by atoms with E-state index in [9.17, 15) is 13.2 Å². The highest BCUT2D eigenvalue weighted by molar-refractivity contribution is 7.87. The third-order valence-electron chi connectivity index (χ3n) is 4.99. The van der Waals surface area contributed by atoms with Crippen molar-refractivity contribution >= 4 is 16.1 Å². The van der Waals surface area contributed by atoms with Gasteiger partial charge in [0, 0.05) is 26.3 Å². The highest BCUT2D eigenvalue weighted by Crippen LogP contribution is 2.25. The fraction of sp³-hybridized carbons (Fsp3) is 0.588. The first-order valence-corrected chi connectivity index (χ1v) is 10.4. The fourth-order valence-corrected chi connectivity index (χ4v) is 5.01. The average molecular weight is 399 g/mol. The van der Waals surface area contributed by atoms with E-state index in [0.29, 0.717) is 25.9 Å². The Morgan fingerprint density at radius 1 is 1.19 bits per heavy atom. The summed E-state index contributed by atoms with van der Waals surface area (Å²) in [7, 11) is -3.89. The summed E-state index contributed by atoms with van der Waals surface area (Å²) >= 11 is 0. The lowest BCUT2D eigenvalue weighted by molar-refractivity contribution is -0.139. The van der Waals surface area contributed by atoms with Crippen molar-refractivity contribution < 1.29 is 27.9 Å². The number of carbonyl (C=O) groups excluding carboxylic acids is 1. The van der Waals surface area contributed by atoms with E-state index in [1.54, 1.807) is 5.48 Å². The number of amides is 1. The van der Waals surface area contributed by atoms with Gasteiger partial charge in [0.05, 0.1) is 0 Å². The summed E-state index contributed by atoms with van der Waals surface area (Å²) in [6.45, 7) is 1.06. The molecule has 2 aliphatic rings. The molecule has 2 heterocycles. The van der Waals surface area contributed by atoms with Crippen LogP contribution in [0.1, 0.15) is 25.7 Å². The maximum Gasteiger partial charge on any atom is 0.280 e. The molecule has 1 aromatic carbocycles. The Balaban J connectivity index is 1.61. The number of piperidine rings is 1. The third kappa shape index (κ3) is 4.77. The number of ether oxygens (including phenoxy) is 2. The Kier molecular flexibility index (Phi) is 6.33. The molecule has 9 nitrogen and oxygen atoms in total. The van der Waals surface area contributed by atoms with Crippen molar-refractivity contribution in [3.63, 3.8) is 0 Å². The summed E-state index contributed by atoms with van der Waals surface area (Å²) in [5, 5.41) is 9.03. The second kappa shape index (κ2) is 8.53. The molecule has 1 amide bonds. The molecule has 0 aromatic heterocycles. The predicted octanol–water partition coefficient (Wildman–Crippen LogP) is 0.419. The van der Waals surface area contributed by atoms with Crippen LogP contribution < -0.4 is 14.9 Å². The number of hydroxylamine groups is 1. The minimum atomic E-state index is -3.89. The summed E-state index contributed by atoms with van der Waals surface area (Å²) in [5.74, 6) is -0.00520. The van der Waals surface area contributed by atoms with Crippen LogP contribution in [0, 0.1) is 0 Å². The smallest absolute Gasteiger partial charge is 0.280 e. The molecule has 0 saturated carbocycles. The maximum absolute atomic E-state index is 12.8. The van der Waals surface area contributed by atoms with E-state index >= 15 is 0 Å². The van der Waals surface area contributed by atoms with E-state index in [-0.39, 0.29) is 32.2 Å². The van der Waals surface area contributed by atoms with Gasteiger partial charge in [-0.2, -0.15) is 17.4 Å². The second-order valence-electron chi connectivity index (χ2n) is 6.77. The van der Waals surface area contributed by atoms with Gasteiger partial charge in [0.15, 0.2) is 0 Å². The first kappa shape index (κ1) is 20.0. The molecule has 0 unspecified atom stereocenters. The number of nitrogens with zero attached hydrogens (tertiary/aromatic N) is 1. The van der Waals surface area contributed by atoms with Gasteiger partial charge in [-0.05, 0) is 37.8 Å². The Labute approximate surface area is 158 Å². The molecule has 1 aromatic rings. The minimum absolute atomic E-state index is 0.0587. The van der Waals surface area contributed by atoms with Crippen LogP contribution in [-0.4, -0.2) is 61.8 Å². The molecule has 0 spiro atoms. The molecule has 10 heteroatoms. The molecule has 0 radical (unpaired) electrons. The topological polar surface area (TPSA) is 117 Å². The van der Waals surface area contributed by atoms with Crippen LogP contribution in [0.2, 0.25) is 0 Å². The average Bonchev–Trinajstić information content (AvgIpc) is 2.69. The fourth-order valence-electron chi connectivity index (χ4n) is 3.40. The number of carbonyl (C=O) groups is 1. The summed E-state index contributed by atoms with van der Waals surface area (Å²) in [6, 6.07) is 9.42. The molecule has 2 fully saturated rings. The number of hydrogen-bond donors (Lipinski definition) is 3. The number of benzene rings is 1. The zero-order valence-electron chi connectivity index (χ0n) is 15.0. The SMILES string of the molecule is O=C(NO)C1(NS(=O)(=O)N2CCC(Oc3ccccc3)CC2)CCOCC1. The molecular weight excluding hydrogens is 374 g/mol. The number of hydrogen-bond acceptors (Lipinski definition) is 6. The lowest BCUT2D eigenvalue weighted by Gasteiger charge is -2.38. The zero-order chi connectivity index (χ0) is 19.3. The quantitative estimate of drug-likeness (QED) is 0.471. The van der Waals surface area contributed by atoms with Gasteiger partial charge in [-0.3, -0.25) is 10.0 Å². The number of rotatable bonds is 6. The Bertz CT molecular complexity index is 728. The van der Waals surface area contributed by atoms with Gasteiger partial charge in [0.1, 0.15) is 17.4 Å². The molecule has 2 aliphatic heterocycles. The van der Waals surface area contributed by atoms with Crippen LogP contribution in [0.25, 0.3) is 0 Å². The molecule has 0 atom stereocenters. The first-order chi connectivity index (χ1) is 13.0. The van der Waals surface area contributed by atoms with Crippen LogP contribution in [0.5, 0.6) is 5.75 Å². The Morgan fingerprint density at radius 3 is 2.41 bits per heavy atom. The van der Waals surface area contributed by atoms with Crippen molar-refractivity contribution in [2.45, 2.75) is 37.3 Å². The zero-order valence-corrected chi connectivity index (χ0v) is 15.8. The molecule has 27 heavy (non-hydrogen) atoms. The van der Waals surface area contributed by atoms with E-state index in [2.05, 4.69) is 4.72 Å². The van der Waals surface area contributed by atoms with Gasteiger partial charge in [0.25, 0.3) is 16.1 Å². The predicted molar refractivity (Wildman–Crippen MR) is 96.4 cm³/mol. The third-order valence-corrected chi connectivity index (χ3v) is 6.69. The minimum Gasteiger partial charge on any atom is -0.490 e. The van der Waals surface area contributed by atoms with Crippen molar-refractivity contribution in [3.05, 3.63) is 30.3 Å². The van der Waals surface area contributed by atoms with E-state index < -0.39 is 21.7 Å². The van der Waals surface area contributed by atoms with Crippen LogP contribution in [0.15, 0.2) is 30.3 Å². The highest BCUT2D eigenvalue weighted by atomic mass is 32.2. The molecule has 150 valence electrons. The van der Waals surface area contributed by atoms with Crippen molar-refractivity contribution in [2.24, 2.45) is 0 Å². The molecule has 3 N–H and O–H groups in total. The van der Waals surface area contributed by atoms with Crippen molar-refractivity contribution in [2.75, 3.05) is 26.3 Å². The van der Waals surface area contributed by atoms with Gasteiger partial charge >= 0.3 is 0 Å². The largest absolute Gasteiger partial charge is 0.490 e. The molecule has 0 bridgehead atoms. The van der Waals surface area contributed by atoms with Crippen molar-refractivity contribution in [3.8, 4) is 5.75 Å². The van der Waals surface area contributed by atoms with Gasteiger partial charge < -0.3 is 9.47 Å². The summed E-state index contributed by atoms with van der Waals surface area (Å²) in [5.41, 5.74) is 0.176. The van der Waals surface area contributed by atoms with E-state index in [1.165, 1.54) is 4.31 Å². The number of para-hydroxylation sites is 1. The maximum atomic E-state index is 12.8. The normalized spacial score (nSPS) is 21.5. The Morgan fingerprint density at radius 2 is 1.81 bits per heavy atom. The molecular formula is C17H25N3O6S. The summed E-state index contributed by atoms with van der Waals surface area (Å²) < 4.78 is 40.6. The van der Waals surface area contributed by atoms with Crippen LogP contribution >= 0.6 is 0 Å². The van der Waals surface area contributed by atoms with Gasteiger partial charge in [0.2, 0.25) is 0 Å². The Hall–Kier alpha value is -1.72. The summed E-state index contributed by atoms with van der Waals surface area (Å²) in [6.07, 6.45) is 1.37. The van der Waals surface area contributed by atoms with E-state index in [4.69, 9.17) is 14.7 Å². The standard InChI is InChI=1S/C17H25N3O6S/c21-16(18-22)17(8-12-25-13-9-17)19-27(23,24)20-10-6-15(7-11-20)26-14-4-2-1-3-5-14/h1-5,15,19,22H,6-13H2,(H,18,21).